The Balaban J connectivity index is 1.28. The number of carbonyl (C=O) groups is 1. The van der Waals surface area contributed by atoms with E-state index in [-0.39, 0.29) is 5.91 Å². The van der Waals surface area contributed by atoms with E-state index in [4.69, 9.17) is 4.74 Å². The molecule has 1 saturated carbocycles. The molecule has 0 N–H and O–H groups in total. The second kappa shape index (κ2) is 6.47. The fraction of sp³-hybridized carbons (Fsp3) is 0.529. The van der Waals surface area contributed by atoms with Gasteiger partial charge in [0.05, 0.1) is 17.3 Å². The first kappa shape index (κ1) is 15.5. The molecule has 1 atom stereocenters. The molecule has 1 unspecified atom stereocenters. The second-order valence-corrected chi connectivity index (χ2v) is 7.60. The molecule has 2 aromatic heterocycles. The van der Waals surface area contributed by atoms with Crippen molar-refractivity contribution in [3.63, 3.8) is 0 Å². The largest absolute Gasteiger partial charge is 0.476 e. The minimum atomic E-state index is 0.0235. The molecule has 3 heterocycles. The molecule has 1 amide bonds. The minimum Gasteiger partial charge on any atom is -0.476 e. The van der Waals surface area contributed by atoms with Crippen molar-refractivity contribution in [2.45, 2.75) is 32.1 Å². The van der Waals surface area contributed by atoms with E-state index in [0.717, 1.165) is 23.7 Å². The molecule has 2 fully saturated rings. The fourth-order valence-electron chi connectivity index (χ4n) is 2.98. The normalized spacial score (nSPS) is 20.4. The maximum absolute atomic E-state index is 12.4. The zero-order valence-corrected chi connectivity index (χ0v) is 14.5. The molecule has 1 saturated heterocycles. The van der Waals surface area contributed by atoms with Crippen LogP contribution >= 0.6 is 11.3 Å². The van der Waals surface area contributed by atoms with Crippen LogP contribution in [0.5, 0.6) is 5.88 Å². The first-order chi connectivity index (χ1) is 11.7. The molecular weight excluding hydrogens is 324 g/mol. The van der Waals surface area contributed by atoms with Crippen LogP contribution in [0, 0.1) is 12.8 Å². The number of hydrogen-bond acceptors (Lipinski definition) is 6. The summed E-state index contributed by atoms with van der Waals surface area (Å²) in [5.41, 5.74) is 1.62. The highest BCUT2D eigenvalue weighted by molar-refractivity contribution is 7.09. The predicted molar refractivity (Wildman–Crippen MR) is 90.4 cm³/mol. The molecule has 0 aromatic carbocycles. The van der Waals surface area contributed by atoms with Crippen molar-refractivity contribution in [3.8, 4) is 5.88 Å². The van der Waals surface area contributed by atoms with Crippen molar-refractivity contribution < 1.29 is 9.53 Å². The van der Waals surface area contributed by atoms with Gasteiger partial charge in [-0.3, -0.25) is 4.79 Å². The van der Waals surface area contributed by atoms with Gasteiger partial charge >= 0.3 is 0 Å². The Morgan fingerprint density at radius 2 is 2.21 bits per heavy atom. The molecule has 1 aliphatic heterocycles. The van der Waals surface area contributed by atoms with Crippen LogP contribution < -0.4 is 4.74 Å². The zero-order valence-electron chi connectivity index (χ0n) is 13.6. The first-order valence-electron chi connectivity index (χ1n) is 8.37. The Morgan fingerprint density at radius 1 is 1.33 bits per heavy atom. The van der Waals surface area contributed by atoms with Crippen molar-refractivity contribution in [3.05, 3.63) is 33.9 Å². The van der Waals surface area contributed by atoms with Crippen molar-refractivity contribution in [2.75, 3.05) is 19.7 Å². The Labute approximate surface area is 144 Å². The summed E-state index contributed by atoms with van der Waals surface area (Å²) in [6.07, 6.45) is 3.39. The average Bonchev–Trinajstić information content (AvgIpc) is 3.18. The van der Waals surface area contributed by atoms with Gasteiger partial charge < -0.3 is 9.64 Å². The third-order valence-electron chi connectivity index (χ3n) is 4.53. The first-order valence-corrected chi connectivity index (χ1v) is 9.25. The number of nitrogens with zero attached hydrogens (tertiary/aromatic N) is 4. The lowest BCUT2D eigenvalue weighted by Crippen LogP contribution is -2.29. The van der Waals surface area contributed by atoms with E-state index in [9.17, 15) is 4.79 Å². The Bertz CT molecular complexity index is 726. The molecule has 24 heavy (non-hydrogen) atoms. The number of aromatic nitrogens is 3. The number of likely N-dealkylation sites (tertiary alicyclic amines) is 1. The summed E-state index contributed by atoms with van der Waals surface area (Å²) in [6, 6.07) is 3.91. The topological polar surface area (TPSA) is 68.2 Å². The zero-order chi connectivity index (χ0) is 16.5. The molecule has 0 spiro atoms. The quantitative estimate of drug-likeness (QED) is 0.834. The number of aryl methyl sites for hydroxylation is 1. The van der Waals surface area contributed by atoms with Gasteiger partial charge in [0.15, 0.2) is 0 Å². The van der Waals surface area contributed by atoms with Gasteiger partial charge in [0.25, 0.3) is 5.91 Å². The van der Waals surface area contributed by atoms with Crippen LogP contribution in [-0.2, 0) is 0 Å². The van der Waals surface area contributed by atoms with Crippen LogP contribution in [0.25, 0.3) is 0 Å². The summed E-state index contributed by atoms with van der Waals surface area (Å²) >= 11 is 1.51. The predicted octanol–water partition coefficient (Wildman–Crippen LogP) is 2.66. The molecular formula is C17H20N4O2S. The smallest absolute Gasteiger partial charge is 0.273 e. The van der Waals surface area contributed by atoms with Crippen LogP contribution in [0.2, 0.25) is 0 Å². The molecule has 4 rings (SSSR count). The Hall–Kier alpha value is -2.02. The van der Waals surface area contributed by atoms with Gasteiger partial charge in [0, 0.05) is 36.4 Å². The highest BCUT2D eigenvalue weighted by Crippen LogP contribution is 2.38. The summed E-state index contributed by atoms with van der Waals surface area (Å²) in [6.45, 7) is 3.95. The van der Waals surface area contributed by atoms with Gasteiger partial charge in [-0.1, -0.05) is 0 Å². The maximum Gasteiger partial charge on any atom is 0.273 e. The SMILES string of the molecule is Cc1nc(C(=O)N2CCC(COc3ccc(C4CC4)nn3)C2)cs1. The average molecular weight is 344 g/mol. The van der Waals surface area contributed by atoms with E-state index in [0.29, 0.717) is 36.6 Å². The molecule has 6 nitrogen and oxygen atoms in total. The summed E-state index contributed by atoms with van der Waals surface area (Å²) in [7, 11) is 0. The van der Waals surface area contributed by atoms with Gasteiger partial charge in [-0.05, 0) is 32.3 Å². The van der Waals surface area contributed by atoms with E-state index >= 15 is 0 Å². The third kappa shape index (κ3) is 3.40. The number of rotatable bonds is 5. The van der Waals surface area contributed by atoms with Gasteiger partial charge in [-0.25, -0.2) is 4.98 Å². The second-order valence-electron chi connectivity index (χ2n) is 6.54. The van der Waals surface area contributed by atoms with Crippen LogP contribution in [0.15, 0.2) is 17.5 Å². The number of hydrogen-bond donors (Lipinski definition) is 0. The van der Waals surface area contributed by atoms with Crippen molar-refractivity contribution in [2.24, 2.45) is 5.92 Å². The highest BCUT2D eigenvalue weighted by Gasteiger charge is 2.29. The lowest BCUT2D eigenvalue weighted by Gasteiger charge is -2.15. The summed E-state index contributed by atoms with van der Waals surface area (Å²) in [4.78, 5) is 18.5. The van der Waals surface area contributed by atoms with Crippen LogP contribution in [0.1, 0.15) is 46.4 Å². The van der Waals surface area contributed by atoms with Gasteiger partial charge in [0.2, 0.25) is 5.88 Å². The highest BCUT2D eigenvalue weighted by atomic mass is 32.1. The number of thiazole rings is 1. The van der Waals surface area contributed by atoms with E-state index in [2.05, 4.69) is 15.2 Å². The van der Waals surface area contributed by atoms with Gasteiger partial charge in [-0.15, -0.1) is 16.4 Å². The molecule has 126 valence electrons. The summed E-state index contributed by atoms with van der Waals surface area (Å²) in [5, 5.41) is 11.1. The van der Waals surface area contributed by atoms with Crippen LogP contribution in [0.3, 0.4) is 0 Å². The fourth-order valence-corrected chi connectivity index (χ4v) is 3.57. The summed E-state index contributed by atoms with van der Waals surface area (Å²) in [5.74, 6) is 1.53. The van der Waals surface area contributed by atoms with Crippen molar-refractivity contribution in [1.82, 2.24) is 20.1 Å². The van der Waals surface area contributed by atoms with Crippen LogP contribution in [0.4, 0.5) is 0 Å². The van der Waals surface area contributed by atoms with E-state index in [1.165, 1.54) is 24.2 Å². The monoisotopic (exact) mass is 344 g/mol. The Morgan fingerprint density at radius 3 is 2.88 bits per heavy atom. The standard InChI is InChI=1S/C17H20N4O2S/c1-11-18-15(10-24-11)17(22)21-7-6-12(8-21)9-23-16-5-4-14(19-20-16)13-2-3-13/h4-5,10,12-13H,2-3,6-9H2,1H3. The van der Waals surface area contributed by atoms with Crippen molar-refractivity contribution in [1.29, 1.82) is 0 Å². The molecule has 2 aliphatic rings. The van der Waals surface area contributed by atoms with Gasteiger partial charge in [-0.2, -0.15) is 5.10 Å². The Kier molecular flexibility index (Phi) is 4.18. The number of carbonyl (C=O) groups excluding carboxylic acids is 1. The third-order valence-corrected chi connectivity index (χ3v) is 5.31. The summed E-state index contributed by atoms with van der Waals surface area (Å²) < 4.78 is 5.76. The lowest BCUT2D eigenvalue weighted by atomic mass is 10.1. The van der Waals surface area contributed by atoms with Gasteiger partial charge in [0.1, 0.15) is 5.69 Å². The number of amides is 1. The van der Waals surface area contributed by atoms with E-state index in [1.807, 2.05) is 29.3 Å². The van der Waals surface area contributed by atoms with E-state index < -0.39 is 0 Å². The maximum atomic E-state index is 12.4. The molecule has 2 aromatic rings. The molecule has 0 bridgehead atoms. The molecule has 7 heteroatoms. The molecule has 1 aliphatic carbocycles. The number of ether oxygens (including phenoxy) is 1. The van der Waals surface area contributed by atoms with Crippen molar-refractivity contribution >= 4 is 17.2 Å². The lowest BCUT2D eigenvalue weighted by molar-refractivity contribution is 0.0777. The van der Waals surface area contributed by atoms with Crippen LogP contribution in [-0.4, -0.2) is 45.7 Å². The molecule has 0 radical (unpaired) electrons. The minimum absolute atomic E-state index is 0.0235. The van der Waals surface area contributed by atoms with E-state index in [1.54, 1.807) is 0 Å².